The second-order valence-electron chi connectivity index (χ2n) is 5.43. The number of amides is 1. The molecular formula is C19H16BrN3O3. The molecule has 7 heteroatoms. The number of esters is 1. The molecule has 1 aromatic heterocycles. The van der Waals surface area contributed by atoms with Crippen LogP contribution in [0.1, 0.15) is 27.8 Å². The van der Waals surface area contributed by atoms with Gasteiger partial charge in [-0.3, -0.25) is 9.89 Å². The molecule has 0 aliphatic heterocycles. The van der Waals surface area contributed by atoms with Crippen molar-refractivity contribution < 1.29 is 14.3 Å². The van der Waals surface area contributed by atoms with Crippen molar-refractivity contribution in [2.75, 3.05) is 11.9 Å². The number of carbonyl (C=O) groups excluding carboxylic acids is 2. The molecule has 0 fully saturated rings. The van der Waals surface area contributed by atoms with E-state index in [1.165, 1.54) is 0 Å². The van der Waals surface area contributed by atoms with Crippen LogP contribution in [-0.2, 0) is 4.74 Å². The van der Waals surface area contributed by atoms with E-state index in [1.54, 1.807) is 37.3 Å². The summed E-state index contributed by atoms with van der Waals surface area (Å²) in [5, 5.41) is 9.65. The molecule has 6 nitrogen and oxygen atoms in total. The van der Waals surface area contributed by atoms with Gasteiger partial charge in [0.2, 0.25) is 0 Å². The number of hydrogen-bond acceptors (Lipinski definition) is 4. The summed E-state index contributed by atoms with van der Waals surface area (Å²) in [6, 6.07) is 15.9. The Balaban J connectivity index is 1.74. The highest BCUT2D eigenvalue weighted by molar-refractivity contribution is 9.10. The van der Waals surface area contributed by atoms with Crippen molar-refractivity contribution in [3.63, 3.8) is 0 Å². The Morgan fingerprint density at radius 2 is 1.92 bits per heavy atom. The van der Waals surface area contributed by atoms with Gasteiger partial charge in [0.1, 0.15) is 5.69 Å². The van der Waals surface area contributed by atoms with E-state index in [0.717, 1.165) is 10.0 Å². The topological polar surface area (TPSA) is 84.1 Å². The van der Waals surface area contributed by atoms with E-state index in [1.807, 2.05) is 24.3 Å². The summed E-state index contributed by atoms with van der Waals surface area (Å²) >= 11 is 3.38. The zero-order valence-corrected chi connectivity index (χ0v) is 15.5. The van der Waals surface area contributed by atoms with Crippen LogP contribution in [0.5, 0.6) is 0 Å². The molecule has 1 heterocycles. The molecule has 3 rings (SSSR count). The average Bonchev–Trinajstić information content (AvgIpc) is 3.13. The van der Waals surface area contributed by atoms with Crippen molar-refractivity contribution in [2.45, 2.75) is 6.92 Å². The van der Waals surface area contributed by atoms with Crippen molar-refractivity contribution in [3.8, 4) is 11.3 Å². The number of ether oxygens (including phenoxy) is 1. The predicted molar refractivity (Wildman–Crippen MR) is 102 cm³/mol. The lowest BCUT2D eigenvalue weighted by Gasteiger charge is -2.06. The molecule has 0 aliphatic carbocycles. The van der Waals surface area contributed by atoms with Crippen LogP contribution in [0.3, 0.4) is 0 Å². The highest BCUT2D eigenvalue weighted by Crippen LogP contribution is 2.21. The Hall–Kier alpha value is -2.93. The number of anilines is 1. The van der Waals surface area contributed by atoms with Crippen LogP contribution in [0.25, 0.3) is 11.3 Å². The van der Waals surface area contributed by atoms with E-state index in [-0.39, 0.29) is 5.91 Å². The van der Waals surface area contributed by atoms with E-state index in [9.17, 15) is 9.59 Å². The number of aromatic nitrogens is 2. The Morgan fingerprint density at radius 3 is 2.65 bits per heavy atom. The smallest absolute Gasteiger partial charge is 0.338 e. The van der Waals surface area contributed by atoms with Crippen molar-refractivity contribution >= 4 is 33.5 Å². The minimum absolute atomic E-state index is 0.294. The predicted octanol–water partition coefficient (Wildman–Crippen LogP) is 4.27. The molecule has 26 heavy (non-hydrogen) atoms. The van der Waals surface area contributed by atoms with E-state index < -0.39 is 5.97 Å². The Bertz CT molecular complexity index is 935. The van der Waals surface area contributed by atoms with Crippen LogP contribution in [0.15, 0.2) is 59.1 Å². The largest absolute Gasteiger partial charge is 0.462 e. The zero-order valence-electron chi connectivity index (χ0n) is 14.0. The van der Waals surface area contributed by atoms with Gasteiger partial charge in [-0.15, -0.1) is 0 Å². The molecule has 0 aliphatic rings. The van der Waals surface area contributed by atoms with Gasteiger partial charge >= 0.3 is 5.97 Å². The van der Waals surface area contributed by atoms with Gasteiger partial charge in [-0.2, -0.15) is 5.10 Å². The molecule has 0 radical (unpaired) electrons. The third-order valence-corrected chi connectivity index (χ3v) is 4.12. The van der Waals surface area contributed by atoms with Crippen LogP contribution in [0, 0.1) is 0 Å². The molecule has 0 saturated carbocycles. The van der Waals surface area contributed by atoms with Crippen LogP contribution in [0.4, 0.5) is 5.69 Å². The van der Waals surface area contributed by atoms with Crippen LogP contribution in [-0.4, -0.2) is 28.7 Å². The number of carbonyl (C=O) groups is 2. The third kappa shape index (κ3) is 4.18. The van der Waals surface area contributed by atoms with Crippen molar-refractivity contribution in [1.29, 1.82) is 0 Å². The maximum Gasteiger partial charge on any atom is 0.338 e. The van der Waals surface area contributed by atoms with E-state index in [0.29, 0.717) is 29.2 Å². The summed E-state index contributed by atoms with van der Waals surface area (Å²) in [6.45, 7) is 2.03. The number of hydrogen-bond donors (Lipinski definition) is 2. The summed E-state index contributed by atoms with van der Waals surface area (Å²) in [5.41, 5.74) is 2.77. The summed E-state index contributed by atoms with van der Waals surface area (Å²) < 4.78 is 5.93. The highest BCUT2D eigenvalue weighted by Gasteiger charge is 2.13. The van der Waals surface area contributed by atoms with Crippen molar-refractivity contribution in [2.24, 2.45) is 0 Å². The molecule has 0 bridgehead atoms. The third-order valence-electron chi connectivity index (χ3n) is 3.59. The first kappa shape index (κ1) is 17.9. The normalized spacial score (nSPS) is 10.4. The number of halogens is 1. The molecule has 3 aromatic rings. The maximum atomic E-state index is 12.4. The number of nitrogens with one attached hydrogen (secondary N) is 2. The molecule has 0 unspecified atom stereocenters. The fourth-order valence-electron chi connectivity index (χ4n) is 2.34. The molecule has 2 aromatic carbocycles. The van der Waals surface area contributed by atoms with Crippen LogP contribution >= 0.6 is 15.9 Å². The van der Waals surface area contributed by atoms with E-state index in [2.05, 4.69) is 31.4 Å². The minimum atomic E-state index is -0.428. The molecular weight excluding hydrogens is 398 g/mol. The molecule has 0 spiro atoms. The fourth-order valence-corrected chi connectivity index (χ4v) is 2.61. The Labute approximate surface area is 158 Å². The van der Waals surface area contributed by atoms with Gasteiger partial charge in [-0.05, 0) is 43.3 Å². The Kier molecular flexibility index (Phi) is 5.48. The van der Waals surface area contributed by atoms with Gasteiger partial charge in [0, 0.05) is 15.7 Å². The van der Waals surface area contributed by atoms with Gasteiger partial charge in [0.25, 0.3) is 5.91 Å². The van der Waals surface area contributed by atoms with Crippen LogP contribution in [0.2, 0.25) is 0 Å². The fraction of sp³-hybridized carbons (Fsp3) is 0.105. The van der Waals surface area contributed by atoms with Gasteiger partial charge in [-0.25, -0.2) is 4.79 Å². The number of benzene rings is 2. The summed E-state index contributed by atoms with van der Waals surface area (Å²) in [5.74, 6) is -0.774. The van der Waals surface area contributed by atoms with Gasteiger partial charge in [0.15, 0.2) is 0 Å². The van der Waals surface area contributed by atoms with Crippen molar-refractivity contribution in [3.05, 3.63) is 70.3 Å². The molecule has 0 saturated heterocycles. The lowest BCUT2D eigenvalue weighted by atomic mass is 10.1. The quantitative estimate of drug-likeness (QED) is 0.611. The SMILES string of the molecule is CCOC(=O)c1cccc(NC(=O)c2cc(-c3ccc(Br)cc3)n[nH]2)c1. The number of rotatable bonds is 5. The zero-order chi connectivity index (χ0) is 18.5. The maximum absolute atomic E-state index is 12.4. The number of aromatic amines is 1. The number of H-pyrrole nitrogens is 1. The molecule has 2 N–H and O–H groups in total. The lowest BCUT2D eigenvalue weighted by Crippen LogP contribution is -2.13. The standard InChI is InChI=1S/C19H16BrN3O3/c1-2-26-19(25)13-4-3-5-15(10-13)21-18(24)17-11-16(22-23-17)12-6-8-14(20)9-7-12/h3-11H,2H2,1H3,(H,21,24)(H,22,23). The average molecular weight is 414 g/mol. The first-order valence-electron chi connectivity index (χ1n) is 7.96. The minimum Gasteiger partial charge on any atom is -0.462 e. The van der Waals surface area contributed by atoms with Gasteiger partial charge in [-0.1, -0.05) is 34.1 Å². The monoisotopic (exact) mass is 413 g/mol. The molecule has 1 amide bonds. The Morgan fingerprint density at radius 1 is 1.15 bits per heavy atom. The second kappa shape index (κ2) is 7.97. The van der Waals surface area contributed by atoms with E-state index >= 15 is 0 Å². The highest BCUT2D eigenvalue weighted by atomic mass is 79.9. The van der Waals surface area contributed by atoms with Crippen LogP contribution < -0.4 is 5.32 Å². The van der Waals surface area contributed by atoms with Crippen molar-refractivity contribution in [1.82, 2.24) is 10.2 Å². The molecule has 0 atom stereocenters. The number of nitrogens with zero attached hydrogens (tertiary/aromatic N) is 1. The molecule has 132 valence electrons. The summed E-state index contributed by atoms with van der Waals surface area (Å²) in [4.78, 5) is 24.2. The van der Waals surface area contributed by atoms with E-state index in [4.69, 9.17) is 4.74 Å². The first-order chi connectivity index (χ1) is 12.6. The van der Waals surface area contributed by atoms with Gasteiger partial charge in [0.05, 0.1) is 17.9 Å². The first-order valence-corrected chi connectivity index (χ1v) is 8.76. The summed E-state index contributed by atoms with van der Waals surface area (Å²) in [7, 11) is 0. The lowest BCUT2D eigenvalue weighted by molar-refractivity contribution is 0.0526. The van der Waals surface area contributed by atoms with Gasteiger partial charge < -0.3 is 10.1 Å². The second-order valence-corrected chi connectivity index (χ2v) is 6.34. The summed E-state index contributed by atoms with van der Waals surface area (Å²) in [6.07, 6.45) is 0.